The molecule has 0 aromatic carbocycles. The summed E-state index contributed by atoms with van der Waals surface area (Å²) < 4.78 is 0. The number of aromatic amines is 1. The topological polar surface area (TPSA) is 74.8 Å². The standard InChI is InChI=1S/C19H25N5O/c25-17(12-14-4-1-2-5-14)24-11-3-6-16(13-24)19-21-18(22-23-19)15-7-9-20-10-8-15/h7-10,14,16H,1-6,11-13H2,(H,21,22,23). The Labute approximate surface area is 148 Å². The van der Waals surface area contributed by atoms with Gasteiger partial charge >= 0.3 is 0 Å². The number of hydrogen-bond donors (Lipinski definition) is 1. The number of aromatic nitrogens is 4. The van der Waals surface area contributed by atoms with E-state index in [9.17, 15) is 4.79 Å². The minimum Gasteiger partial charge on any atom is -0.342 e. The summed E-state index contributed by atoms with van der Waals surface area (Å²) in [6, 6.07) is 3.82. The van der Waals surface area contributed by atoms with Crippen molar-refractivity contribution in [3.63, 3.8) is 0 Å². The van der Waals surface area contributed by atoms with Gasteiger partial charge in [0.2, 0.25) is 5.91 Å². The van der Waals surface area contributed by atoms with E-state index in [1.807, 2.05) is 17.0 Å². The van der Waals surface area contributed by atoms with Crippen LogP contribution >= 0.6 is 0 Å². The smallest absolute Gasteiger partial charge is 0.222 e. The van der Waals surface area contributed by atoms with E-state index < -0.39 is 0 Å². The van der Waals surface area contributed by atoms with Crippen molar-refractivity contribution in [1.29, 1.82) is 0 Å². The van der Waals surface area contributed by atoms with Crippen LogP contribution in [-0.4, -0.2) is 44.1 Å². The molecule has 0 spiro atoms. The van der Waals surface area contributed by atoms with Gasteiger partial charge in [0.1, 0.15) is 5.82 Å². The van der Waals surface area contributed by atoms with Crippen LogP contribution in [-0.2, 0) is 4.79 Å². The minimum absolute atomic E-state index is 0.254. The van der Waals surface area contributed by atoms with E-state index in [4.69, 9.17) is 0 Å². The average Bonchev–Trinajstić information content (AvgIpc) is 3.34. The Hall–Kier alpha value is -2.24. The number of carbonyl (C=O) groups is 1. The zero-order valence-corrected chi connectivity index (χ0v) is 14.5. The lowest BCUT2D eigenvalue weighted by molar-refractivity contribution is -0.133. The van der Waals surface area contributed by atoms with Crippen LogP contribution in [0.2, 0.25) is 0 Å². The lowest BCUT2D eigenvalue weighted by atomic mass is 9.96. The molecule has 6 heteroatoms. The SMILES string of the molecule is O=C(CC1CCCC1)N1CCCC(c2nc(-c3ccncc3)n[nH]2)C1. The molecule has 2 fully saturated rings. The highest BCUT2D eigenvalue weighted by molar-refractivity contribution is 5.76. The van der Waals surface area contributed by atoms with E-state index in [0.29, 0.717) is 17.6 Å². The maximum absolute atomic E-state index is 12.6. The molecule has 0 radical (unpaired) electrons. The molecule has 25 heavy (non-hydrogen) atoms. The molecule has 2 aromatic heterocycles. The second-order valence-electron chi connectivity index (χ2n) is 7.31. The Morgan fingerprint density at radius 1 is 1.16 bits per heavy atom. The largest absolute Gasteiger partial charge is 0.342 e. The van der Waals surface area contributed by atoms with E-state index >= 15 is 0 Å². The van der Waals surface area contributed by atoms with Crippen molar-refractivity contribution < 1.29 is 4.79 Å². The molecular formula is C19H25N5O. The normalized spacial score (nSPS) is 21.6. The summed E-state index contributed by atoms with van der Waals surface area (Å²) in [5.41, 5.74) is 0.961. The van der Waals surface area contributed by atoms with Crippen molar-refractivity contribution >= 4 is 5.91 Å². The van der Waals surface area contributed by atoms with Gasteiger partial charge in [-0.25, -0.2) is 4.98 Å². The van der Waals surface area contributed by atoms with Crippen LogP contribution in [0, 0.1) is 5.92 Å². The second kappa shape index (κ2) is 7.33. The summed E-state index contributed by atoms with van der Waals surface area (Å²) in [7, 11) is 0. The third-order valence-electron chi connectivity index (χ3n) is 5.54. The Bertz CT molecular complexity index is 708. The maximum atomic E-state index is 12.6. The average molecular weight is 339 g/mol. The number of likely N-dealkylation sites (tertiary alicyclic amines) is 1. The number of pyridine rings is 1. The Balaban J connectivity index is 1.41. The van der Waals surface area contributed by atoms with Gasteiger partial charge in [0, 0.05) is 43.4 Å². The monoisotopic (exact) mass is 339 g/mol. The molecule has 1 saturated carbocycles. The number of piperidine rings is 1. The van der Waals surface area contributed by atoms with Gasteiger partial charge < -0.3 is 4.90 Å². The molecule has 0 bridgehead atoms. The molecule has 1 N–H and O–H groups in total. The predicted molar refractivity (Wildman–Crippen MR) is 94.7 cm³/mol. The third-order valence-corrected chi connectivity index (χ3v) is 5.54. The van der Waals surface area contributed by atoms with Crippen molar-refractivity contribution in [3.8, 4) is 11.4 Å². The third kappa shape index (κ3) is 3.72. The highest BCUT2D eigenvalue weighted by atomic mass is 16.2. The Kier molecular flexibility index (Phi) is 4.76. The van der Waals surface area contributed by atoms with Crippen LogP contribution in [0.15, 0.2) is 24.5 Å². The van der Waals surface area contributed by atoms with E-state index in [1.165, 1.54) is 25.7 Å². The van der Waals surface area contributed by atoms with Crippen molar-refractivity contribution in [1.82, 2.24) is 25.1 Å². The quantitative estimate of drug-likeness (QED) is 0.928. The van der Waals surface area contributed by atoms with Crippen LogP contribution < -0.4 is 0 Å². The number of nitrogens with one attached hydrogen (secondary N) is 1. The van der Waals surface area contributed by atoms with Crippen LogP contribution in [0.5, 0.6) is 0 Å². The van der Waals surface area contributed by atoms with E-state index in [-0.39, 0.29) is 5.92 Å². The minimum atomic E-state index is 0.254. The number of carbonyl (C=O) groups excluding carboxylic acids is 1. The zero-order chi connectivity index (χ0) is 17.1. The summed E-state index contributed by atoms with van der Waals surface area (Å²) in [5, 5.41) is 7.43. The second-order valence-corrected chi connectivity index (χ2v) is 7.31. The van der Waals surface area contributed by atoms with E-state index in [1.54, 1.807) is 12.4 Å². The zero-order valence-electron chi connectivity index (χ0n) is 14.5. The summed E-state index contributed by atoms with van der Waals surface area (Å²) in [5.74, 6) is 2.78. The Morgan fingerprint density at radius 3 is 2.76 bits per heavy atom. The van der Waals surface area contributed by atoms with Gasteiger partial charge in [0.25, 0.3) is 0 Å². The summed E-state index contributed by atoms with van der Waals surface area (Å²) in [6.07, 6.45) is 11.3. The fourth-order valence-electron chi connectivity index (χ4n) is 4.10. The van der Waals surface area contributed by atoms with Crippen molar-refractivity contribution in [2.45, 2.75) is 50.9 Å². The van der Waals surface area contributed by atoms with Crippen molar-refractivity contribution in [3.05, 3.63) is 30.4 Å². The number of H-pyrrole nitrogens is 1. The number of nitrogens with zero attached hydrogens (tertiary/aromatic N) is 4. The Morgan fingerprint density at radius 2 is 1.96 bits per heavy atom. The van der Waals surface area contributed by atoms with Gasteiger partial charge in [-0.3, -0.25) is 14.9 Å². The van der Waals surface area contributed by atoms with Gasteiger partial charge in [-0.1, -0.05) is 12.8 Å². The van der Waals surface area contributed by atoms with Crippen LogP contribution in [0.3, 0.4) is 0 Å². The molecule has 132 valence electrons. The number of hydrogen-bond acceptors (Lipinski definition) is 4. The first-order valence-corrected chi connectivity index (χ1v) is 9.40. The lowest BCUT2D eigenvalue weighted by Crippen LogP contribution is -2.40. The molecule has 2 aromatic rings. The molecule has 2 aliphatic rings. The molecule has 1 saturated heterocycles. The molecule has 1 unspecified atom stereocenters. The van der Waals surface area contributed by atoms with Crippen LogP contribution in [0.1, 0.15) is 56.7 Å². The first kappa shape index (κ1) is 16.2. The molecule has 6 nitrogen and oxygen atoms in total. The van der Waals surface area contributed by atoms with Crippen LogP contribution in [0.4, 0.5) is 0 Å². The first-order valence-electron chi connectivity index (χ1n) is 9.40. The predicted octanol–water partition coefficient (Wildman–Crippen LogP) is 3.15. The van der Waals surface area contributed by atoms with E-state index in [0.717, 1.165) is 43.7 Å². The van der Waals surface area contributed by atoms with Crippen LogP contribution in [0.25, 0.3) is 11.4 Å². The van der Waals surface area contributed by atoms with Gasteiger partial charge in [-0.05, 0) is 43.7 Å². The molecule has 1 aliphatic carbocycles. The van der Waals surface area contributed by atoms with Gasteiger partial charge in [-0.2, -0.15) is 5.10 Å². The first-order chi connectivity index (χ1) is 12.3. The van der Waals surface area contributed by atoms with Crippen molar-refractivity contribution in [2.75, 3.05) is 13.1 Å². The highest BCUT2D eigenvalue weighted by Gasteiger charge is 2.29. The van der Waals surface area contributed by atoms with Gasteiger partial charge in [0.15, 0.2) is 5.82 Å². The maximum Gasteiger partial charge on any atom is 0.222 e. The molecule has 3 heterocycles. The van der Waals surface area contributed by atoms with Gasteiger partial charge in [0.05, 0.1) is 0 Å². The summed E-state index contributed by atoms with van der Waals surface area (Å²) in [4.78, 5) is 23.4. The fourth-order valence-corrected chi connectivity index (χ4v) is 4.10. The molecule has 4 rings (SSSR count). The van der Waals surface area contributed by atoms with E-state index in [2.05, 4.69) is 20.2 Å². The van der Waals surface area contributed by atoms with Gasteiger partial charge in [-0.15, -0.1) is 0 Å². The molecule has 1 atom stereocenters. The molecule has 1 aliphatic heterocycles. The fraction of sp³-hybridized carbons (Fsp3) is 0.579. The summed E-state index contributed by atoms with van der Waals surface area (Å²) >= 11 is 0. The molecular weight excluding hydrogens is 314 g/mol. The van der Waals surface area contributed by atoms with Crippen molar-refractivity contribution in [2.24, 2.45) is 5.92 Å². The number of amides is 1. The summed E-state index contributed by atoms with van der Waals surface area (Å²) in [6.45, 7) is 1.64. The number of rotatable bonds is 4. The molecule has 1 amide bonds. The lowest BCUT2D eigenvalue weighted by Gasteiger charge is -2.32. The highest BCUT2D eigenvalue weighted by Crippen LogP contribution is 2.30.